The molecular formula is C16H18F3N3O3. The lowest BCUT2D eigenvalue weighted by Gasteiger charge is -2.56. The summed E-state index contributed by atoms with van der Waals surface area (Å²) in [6, 6.07) is 0.389. The van der Waals surface area contributed by atoms with Crippen LogP contribution in [0.4, 0.5) is 23.8 Å². The molecule has 2 aliphatic rings. The van der Waals surface area contributed by atoms with E-state index in [1.54, 1.807) is 7.05 Å². The maximum Gasteiger partial charge on any atom is 0.416 e. The van der Waals surface area contributed by atoms with Gasteiger partial charge in [-0.05, 0) is 25.0 Å². The molecule has 136 valence electrons. The number of carbonyl (C=O) groups is 2. The number of pyridine rings is 1. The maximum absolute atomic E-state index is 13.0. The maximum atomic E-state index is 13.0. The van der Waals surface area contributed by atoms with E-state index in [0.29, 0.717) is 6.54 Å². The smallest absolute Gasteiger partial charge is 0.416 e. The van der Waals surface area contributed by atoms with E-state index in [0.717, 1.165) is 42.5 Å². The average Bonchev–Trinajstić information content (AvgIpc) is 2.48. The molecule has 1 aliphatic heterocycles. The van der Waals surface area contributed by atoms with Gasteiger partial charge >= 0.3 is 18.2 Å². The molecule has 1 N–H and O–H groups in total. The van der Waals surface area contributed by atoms with Crippen molar-refractivity contribution in [2.75, 3.05) is 18.5 Å². The highest BCUT2D eigenvalue weighted by Crippen LogP contribution is 2.50. The largest absolute Gasteiger partial charge is 0.481 e. The van der Waals surface area contributed by atoms with Gasteiger partial charge in [-0.15, -0.1) is 0 Å². The van der Waals surface area contributed by atoms with Crippen molar-refractivity contribution in [2.24, 2.45) is 5.41 Å². The van der Waals surface area contributed by atoms with Gasteiger partial charge in [0, 0.05) is 25.2 Å². The molecule has 3 rings (SSSR count). The van der Waals surface area contributed by atoms with Crippen molar-refractivity contribution < 1.29 is 27.9 Å². The first kappa shape index (κ1) is 17.5. The Morgan fingerprint density at radius 3 is 2.64 bits per heavy atom. The Morgan fingerprint density at radius 1 is 1.44 bits per heavy atom. The van der Waals surface area contributed by atoms with Crippen LogP contribution in [0.25, 0.3) is 0 Å². The number of hydrogen-bond acceptors (Lipinski definition) is 3. The number of alkyl halides is 3. The number of aromatic nitrogens is 1. The van der Waals surface area contributed by atoms with Crippen molar-refractivity contribution in [1.29, 1.82) is 0 Å². The molecule has 1 spiro atoms. The Kier molecular flexibility index (Phi) is 4.12. The number of anilines is 1. The number of amides is 2. The fourth-order valence-electron chi connectivity index (χ4n) is 3.82. The first-order chi connectivity index (χ1) is 11.6. The number of carbonyl (C=O) groups excluding carboxylic acids is 1. The van der Waals surface area contributed by atoms with Gasteiger partial charge in [-0.3, -0.25) is 9.69 Å². The molecule has 1 saturated heterocycles. The molecule has 2 heterocycles. The number of nitrogens with zero attached hydrogens (tertiary/aromatic N) is 3. The highest BCUT2D eigenvalue weighted by atomic mass is 19.4. The number of urea groups is 1. The van der Waals surface area contributed by atoms with Crippen molar-refractivity contribution in [3.8, 4) is 0 Å². The SMILES string of the molecule is CN1CC2(CCC2)C(CC(=O)O)N(c2cc(C(F)(F)F)ccn2)C1=O. The zero-order valence-electron chi connectivity index (χ0n) is 13.6. The van der Waals surface area contributed by atoms with E-state index in [1.165, 1.54) is 4.90 Å². The van der Waals surface area contributed by atoms with Crippen LogP contribution in [0.1, 0.15) is 31.2 Å². The number of aliphatic carboxylic acids is 1. The van der Waals surface area contributed by atoms with Crippen molar-refractivity contribution in [3.05, 3.63) is 23.9 Å². The third kappa shape index (κ3) is 3.03. The molecule has 1 saturated carbocycles. The van der Waals surface area contributed by atoms with E-state index in [4.69, 9.17) is 0 Å². The van der Waals surface area contributed by atoms with Gasteiger partial charge in [-0.2, -0.15) is 13.2 Å². The van der Waals surface area contributed by atoms with Crippen LogP contribution in [0.3, 0.4) is 0 Å². The monoisotopic (exact) mass is 357 g/mol. The van der Waals surface area contributed by atoms with E-state index >= 15 is 0 Å². The topological polar surface area (TPSA) is 73.7 Å². The lowest BCUT2D eigenvalue weighted by molar-refractivity contribution is -0.139. The summed E-state index contributed by atoms with van der Waals surface area (Å²) < 4.78 is 39.0. The molecule has 0 radical (unpaired) electrons. The predicted octanol–water partition coefficient (Wildman–Crippen LogP) is 2.99. The summed E-state index contributed by atoms with van der Waals surface area (Å²) in [4.78, 5) is 30.5. The normalized spacial score (nSPS) is 22.9. The second kappa shape index (κ2) is 5.89. The third-order valence-corrected chi connectivity index (χ3v) is 5.14. The minimum absolute atomic E-state index is 0.163. The van der Waals surface area contributed by atoms with Gasteiger partial charge in [0.2, 0.25) is 0 Å². The minimum atomic E-state index is -4.57. The van der Waals surface area contributed by atoms with E-state index in [-0.39, 0.29) is 12.2 Å². The van der Waals surface area contributed by atoms with Crippen LogP contribution in [0.5, 0.6) is 0 Å². The quantitative estimate of drug-likeness (QED) is 0.903. The summed E-state index contributed by atoms with van der Waals surface area (Å²) in [5.41, 5.74) is -1.34. The second-order valence-corrected chi connectivity index (χ2v) is 6.74. The number of rotatable bonds is 3. The molecule has 1 atom stereocenters. The summed E-state index contributed by atoms with van der Waals surface area (Å²) in [6.07, 6.45) is -1.53. The molecule has 1 unspecified atom stereocenters. The summed E-state index contributed by atoms with van der Waals surface area (Å²) in [6.45, 7) is 0.402. The van der Waals surface area contributed by atoms with E-state index in [9.17, 15) is 27.9 Å². The van der Waals surface area contributed by atoms with Crippen LogP contribution in [-0.2, 0) is 11.0 Å². The number of halogens is 3. The summed E-state index contributed by atoms with van der Waals surface area (Å²) in [5.74, 6) is -1.26. The Morgan fingerprint density at radius 2 is 2.12 bits per heavy atom. The van der Waals surface area contributed by atoms with Gasteiger partial charge in [0.05, 0.1) is 18.0 Å². The van der Waals surface area contributed by atoms with Crippen LogP contribution >= 0.6 is 0 Å². The molecule has 1 aromatic rings. The Hall–Kier alpha value is -2.32. The molecule has 0 bridgehead atoms. The molecule has 9 heteroatoms. The minimum Gasteiger partial charge on any atom is -0.481 e. The molecular weight excluding hydrogens is 339 g/mol. The van der Waals surface area contributed by atoms with E-state index in [1.807, 2.05) is 0 Å². The molecule has 6 nitrogen and oxygen atoms in total. The van der Waals surface area contributed by atoms with Gasteiger partial charge in [0.1, 0.15) is 5.82 Å². The van der Waals surface area contributed by atoms with Crippen LogP contribution in [0.15, 0.2) is 18.3 Å². The second-order valence-electron chi connectivity index (χ2n) is 6.74. The van der Waals surface area contributed by atoms with Crippen LogP contribution in [-0.4, -0.2) is 46.6 Å². The van der Waals surface area contributed by atoms with Gasteiger partial charge in [0.25, 0.3) is 0 Å². The average molecular weight is 357 g/mol. The van der Waals surface area contributed by atoms with Crippen molar-refractivity contribution >= 4 is 17.8 Å². The summed E-state index contributed by atoms with van der Waals surface area (Å²) in [7, 11) is 1.57. The standard InChI is InChI=1S/C16H18F3N3O3/c1-21-9-15(4-2-5-15)11(8-13(23)24)22(14(21)25)12-7-10(3-6-20-12)16(17,18)19/h3,6-7,11H,2,4-5,8-9H2,1H3,(H,23,24). The van der Waals surface area contributed by atoms with E-state index in [2.05, 4.69) is 4.98 Å². The zero-order valence-corrected chi connectivity index (χ0v) is 13.6. The van der Waals surface area contributed by atoms with Crippen molar-refractivity contribution in [3.63, 3.8) is 0 Å². The lowest BCUT2D eigenvalue weighted by atomic mass is 9.61. The number of hydrogen-bond donors (Lipinski definition) is 1. The highest BCUT2D eigenvalue weighted by molar-refractivity contribution is 5.93. The van der Waals surface area contributed by atoms with Gasteiger partial charge in [0.15, 0.2) is 0 Å². The molecule has 2 fully saturated rings. The molecule has 25 heavy (non-hydrogen) atoms. The third-order valence-electron chi connectivity index (χ3n) is 5.14. The molecule has 2 amide bonds. The van der Waals surface area contributed by atoms with Crippen LogP contribution in [0, 0.1) is 5.41 Å². The lowest BCUT2D eigenvalue weighted by Crippen LogP contribution is -2.66. The van der Waals surface area contributed by atoms with Gasteiger partial charge in [-0.25, -0.2) is 9.78 Å². The number of carboxylic acids is 1. The summed E-state index contributed by atoms with van der Waals surface area (Å²) in [5, 5.41) is 9.27. The fourth-order valence-corrected chi connectivity index (χ4v) is 3.82. The molecule has 0 aromatic carbocycles. The first-order valence-electron chi connectivity index (χ1n) is 7.93. The zero-order chi connectivity index (χ0) is 18.4. The highest BCUT2D eigenvalue weighted by Gasteiger charge is 2.54. The van der Waals surface area contributed by atoms with Crippen LogP contribution < -0.4 is 4.90 Å². The number of carboxylic acid groups (broad SMARTS) is 1. The van der Waals surface area contributed by atoms with Gasteiger partial charge < -0.3 is 10.0 Å². The molecule has 1 aliphatic carbocycles. The van der Waals surface area contributed by atoms with Crippen molar-refractivity contribution in [2.45, 2.75) is 37.9 Å². The Bertz CT molecular complexity index is 703. The predicted molar refractivity (Wildman–Crippen MR) is 82.1 cm³/mol. The Balaban J connectivity index is 2.06. The first-order valence-corrected chi connectivity index (χ1v) is 7.93. The summed E-state index contributed by atoms with van der Waals surface area (Å²) >= 11 is 0. The van der Waals surface area contributed by atoms with Crippen LogP contribution in [0.2, 0.25) is 0 Å². The molecule has 1 aromatic heterocycles. The van der Waals surface area contributed by atoms with E-state index < -0.39 is 35.2 Å². The van der Waals surface area contributed by atoms with Gasteiger partial charge in [-0.1, -0.05) is 6.42 Å². The fraction of sp³-hybridized carbons (Fsp3) is 0.562. The Labute approximate surface area is 142 Å². The van der Waals surface area contributed by atoms with Crippen molar-refractivity contribution in [1.82, 2.24) is 9.88 Å².